The second-order valence-corrected chi connectivity index (χ2v) is 4.75. The third-order valence-electron chi connectivity index (χ3n) is 2.29. The molecule has 1 aromatic rings. The van der Waals surface area contributed by atoms with Gasteiger partial charge in [-0.15, -0.1) is 0 Å². The Bertz CT molecular complexity index is 488. The van der Waals surface area contributed by atoms with Crippen LogP contribution in [0.2, 0.25) is 5.02 Å². The van der Waals surface area contributed by atoms with Gasteiger partial charge in [-0.1, -0.05) is 17.7 Å². The fraction of sp³-hybridized carbons (Fsp3) is 0.385. The summed E-state index contributed by atoms with van der Waals surface area (Å²) in [5.74, 6) is -1.44. The van der Waals surface area contributed by atoms with Gasteiger partial charge in [0.25, 0.3) is 5.91 Å². The molecule has 0 aliphatic heterocycles. The van der Waals surface area contributed by atoms with Gasteiger partial charge in [-0.2, -0.15) is 0 Å². The molecule has 0 saturated carbocycles. The van der Waals surface area contributed by atoms with Crippen LogP contribution >= 0.6 is 11.6 Å². The molecule has 104 valence electrons. The predicted molar refractivity (Wildman–Crippen MR) is 71.8 cm³/mol. The molecule has 5 nitrogen and oxygen atoms in total. The van der Waals surface area contributed by atoms with E-state index < -0.39 is 12.1 Å². The number of aromatic carboxylic acids is 1. The molecular formula is C13H16ClNO4. The molecule has 2 N–H and O–H groups in total. The number of carbonyl (C=O) groups excluding carboxylic acids is 1. The first-order valence-electron chi connectivity index (χ1n) is 5.81. The Kier molecular flexibility index (Phi) is 5.18. The van der Waals surface area contributed by atoms with E-state index in [-0.39, 0.29) is 28.3 Å². The average molecular weight is 286 g/mol. The maximum absolute atomic E-state index is 11.7. The maximum Gasteiger partial charge on any atom is 0.341 e. The summed E-state index contributed by atoms with van der Waals surface area (Å²) >= 11 is 5.81. The molecule has 0 fully saturated rings. The zero-order chi connectivity index (χ0) is 14.6. The number of amides is 1. The summed E-state index contributed by atoms with van der Waals surface area (Å²) < 4.78 is 5.37. The van der Waals surface area contributed by atoms with Gasteiger partial charge in [-0.05, 0) is 32.9 Å². The fourth-order valence-corrected chi connectivity index (χ4v) is 1.70. The van der Waals surface area contributed by atoms with Crippen molar-refractivity contribution in [2.75, 3.05) is 0 Å². The van der Waals surface area contributed by atoms with E-state index in [1.165, 1.54) is 12.1 Å². The highest BCUT2D eigenvalue weighted by atomic mass is 35.5. The topological polar surface area (TPSA) is 75.6 Å². The van der Waals surface area contributed by atoms with Gasteiger partial charge in [0.15, 0.2) is 6.10 Å². The molecular weight excluding hydrogens is 270 g/mol. The smallest absolute Gasteiger partial charge is 0.341 e. The van der Waals surface area contributed by atoms with Crippen LogP contribution in [0, 0.1) is 0 Å². The van der Waals surface area contributed by atoms with Gasteiger partial charge in [0.2, 0.25) is 0 Å². The van der Waals surface area contributed by atoms with Crippen LogP contribution in [-0.4, -0.2) is 29.1 Å². The maximum atomic E-state index is 11.7. The molecule has 1 unspecified atom stereocenters. The molecule has 1 rings (SSSR count). The first-order valence-corrected chi connectivity index (χ1v) is 6.19. The third-order valence-corrected chi connectivity index (χ3v) is 2.61. The second-order valence-electron chi connectivity index (χ2n) is 4.34. The van der Waals surface area contributed by atoms with Crippen molar-refractivity contribution in [3.63, 3.8) is 0 Å². The van der Waals surface area contributed by atoms with Gasteiger partial charge in [0.1, 0.15) is 11.3 Å². The van der Waals surface area contributed by atoms with E-state index in [1.54, 1.807) is 13.0 Å². The van der Waals surface area contributed by atoms with Crippen LogP contribution in [0.1, 0.15) is 31.1 Å². The van der Waals surface area contributed by atoms with Crippen molar-refractivity contribution in [2.24, 2.45) is 0 Å². The third kappa shape index (κ3) is 4.13. The Morgan fingerprint density at radius 3 is 2.47 bits per heavy atom. The number of carbonyl (C=O) groups is 2. The Morgan fingerprint density at radius 2 is 1.95 bits per heavy atom. The second kappa shape index (κ2) is 6.43. The molecule has 0 radical (unpaired) electrons. The highest BCUT2D eigenvalue weighted by molar-refractivity contribution is 6.33. The van der Waals surface area contributed by atoms with Crippen molar-refractivity contribution in [2.45, 2.75) is 32.9 Å². The highest BCUT2D eigenvalue weighted by Crippen LogP contribution is 2.27. The predicted octanol–water partition coefficient (Wildman–Crippen LogP) is 2.33. The zero-order valence-electron chi connectivity index (χ0n) is 10.9. The Morgan fingerprint density at radius 1 is 1.32 bits per heavy atom. The Labute approximate surface area is 116 Å². The normalized spacial score (nSPS) is 12.1. The van der Waals surface area contributed by atoms with Gasteiger partial charge in [-0.25, -0.2) is 4.79 Å². The van der Waals surface area contributed by atoms with Gasteiger partial charge in [0, 0.05) is 6.04 Å². The minimum atomic E-state index is -1.20. The lowest BCUT2D eigenvalue weighted by Gasteiger charge is -2.17. The summed E-state index contributed by atoms with van der Waals surface area (Å²) in [4.78, 5) is 22.8. The van der Waals surface area contributed by atoms with E-state index >= 15 is 0 Å². The molecule has 1 aromatic carbocycles. The van der Waals surface area contributed by atoms with E-state index in [0.29, 0.717) is 0 Å². The standard InChI is InChI=1S/C13H16ClNO4/c1-7(2)15-12(16)8(3)19-10-6-4-5-9(14)11(10)13(17)18/h4-8H,1-3H3,(H,15,16)(H,17,18). The first-order chi connectivity index (χ1) is 8.82. The number of hydrogen-bond acceptors (Lipinski definition) is 3. The van der Waals surface area contributed by atoms with Crippen LogP contribution in [0.3, 0.4) is 0 Å². The largest absolute Gasteiger partial charge is 0.480 e. The van der Waals surface area contributed by atoms with Gasteiger partial charge in [-0.3, -0.25) is 4.79 Å². The molecule has 0 heterocycles. The van der Waals surface area contributed by atoms with Crippen molar-refractivity contribution in [1.29, 1.82) is 0 Å². The molecule has 0 bridgehead atoms. The van der Waals surface area contributed by atoms with E-state index in [0.717, 1.165) is 0 Å². The average Bonchev–Trinajstić information content (AvgIpc) is 2.27. The van der Waals surface area contributed by atoms with Crippen LogP contribution in [0.4, 0.5) is 0 Å². The lowest BCUT2D eigenvalue weighted by molar-refractivity contribution is -0.127. The number of ether oxygens (including phenoxy) is 1. The molecule has 1 atom stereocenters. The summed E-state index contributed by atoms with van der Waals surface area (Å²) in [7, 11) is 0. The molecule has 0 saturated heterocycles. The van der Waals surface area contributed by atoms with Crippen LogP contribution in [-0.2, 0) is 4.79 Å². The van der Waals surface area contributed by atoms with E-state index in [9.17, 15) is 9.59 Å². The summed E-state index contributed by atoms with van der Waals surface area (Å²) in [6.07, 6.45) is -0.807. The van der Waals surface area contributed by atoms with Gasteiger partial charge in [0.05, 0.1) is 5.02 Å². The highest BCUT2D eigenvalue weighted by Gasteiger charge is 2.21. The van der Waals surface area contributed by atoms with Crippen LogP contribution in [0.5, 0.6) is 5.75 Å². The number of nitrogens with one attached hydrogen (secondary N) is 1. The summed E-state index contributed by atoms with van der Waals surface area (Å²) in [6, 6.07) is 4.47. The molecule has 0 aliphatic carbocycles. The molecule has 1 amide bonds. The number of benzene rings is 1. The van der Waals surface area contributed by atoms with Crippen LogP contribution in [0.25, 0.3) is 0 Å². The minimum Gasteiger partial charge on any atom is -0.480 e. The van der Waals surface area contributed by atoms with Crippen molar-refractivity contribution in [3.8, 4) is 5.75 Å². The molecule has 19 heavy (non-hydrogen) atoms. The molecule has 0 spiro atoms. The van der Waals surface area contributed by atoms with Crippen LogP contribution in [0.15, 0.2) is 18.2 Å². The summed E-state index contributed by atoms with van der Waals surface area (Å²) in [5.41, 5.74) is -0.145. The van der Waals surface area contributed by atoms with Crippen molar-refractivity contribution >= 4 is 23.5 Å². The monoisotopic (exact) mass is 285 g/mol. The lowest BCUT2D eigenvalue weighted by Crippen LogP contribution is -2.40. The minimum absolute atomic E-state index is 0.0168. The van der Waals surface area contributed by atoms with Gasteiger partial charge >= 0.3 is 5.97 Å². The Balaban J connectivity index is 2.91. The summed E-state index contributed by atoms with van der Waals surface area (Å²) in [5, 5.41) is 11.8. The van der Waals surface area contributed by atoms with Gasteiger partial charge < -0.3 is 15.2 Å². The van der Waals surface area contributed by atoms with E-state index in [2.05, 4.69) is 5.32 Å². The number of hydrogen-bond donors (Lipinski definition) is 2. The van der Waals surface area contributed by atoms with Crippen LogP contribution < -0.4 is 10.1 Å². The quantitative estimate of drug-likeness (QED) is 0.870. The summed E-state index contributed by atoms with van der Waals surface area (Å²) in [6.45, 7) is 5.20. The number of rotatable bonds is 5. The Hall–Kier alpha value is -1.75. The number of carboxylic acid groups (broad SMARTS) is 1. The number of halogens is 1. The van der Waals surface area contributed by atoms with Crippen molar-refractivity contribution in [1.82, 2.24) is 5.32 Å². The van der Waals surface area contributed by atoms with Crippen molar-refractivity contribution < 1.29 is 19.4 Å². The number of carboxylic acids is 1. The van der Waals surface area contributed by atoms with Crippen molar-refractivity contribution in [3.05, 3.63) is 28.8 Å². The van der Waals surface area contributed by atoms with E-state index in [4.69, 9.17) is 21.4 Å². The molecule has 6 heteroatoms. The molecule has 0 aromatic heterocycles. The fourth-order valence-electron chi connectivity index (χ4n) is 1.46. The molecule has 0 aliphatic rings. The lowest BCUT2D eigenvalue weighted by atomic mass is 10.2. The zero-order valence-corrected chi connectivity index (χ0v) is 11.7. The SMILES string of the molecule is CC(C)NC(=O)C(C)Oc1cccc(Cl)c1C(=O)O. The first kappa shape index (κ1) is 15.3. The van der Waals surface area contributed by atoms with E-state index in [1.807, 2.05) is 13.8 Å².